The van der Waals surface area contributed by atoms with Gasteiger partial charge in [0.15, 0.2) is 0 Å². The minimum absolute atomic E-state index is 0.274. The van der Waals surface area contributed by atoms with E-state index in [0.29, 0.717) is 5.92 Å². The lowest BCUT2D eigenvalue weighted by molar-refractivity contribution is 0.0457. The normalized spacial score (nSPS) is 22.5. The van der Waals surface area contributed by atoms with Gasteiger partial charge in [0.25, 0.3) is 0 Å². The van der Waals surface area contributed by atoms with Crippen molar-refractivity contribution in [1.29, 1.82) is 0 Å². The van der Waals surface area contributed by atoms with E-state index in [1.54, 1.807) is 17.5 Å². The van der Waals surface area contributed by atoms with E-state index in [1.807, 2.05) is 36.4 Å². The van der Waals surface area contributed by atoms with Crippen LogP contribution in [0.2, 0.25) is 5.02 Å². The molecule has 3 aromatic rings. The summed E-state index contributed by atoms with van der Waals surface area (Å²) in [4.78, 5) is 8.95. The maximum atomic E-state index is 10.4. The fourth-order valence-corrected chi connectivity index (χ4v) is 4.37. The fourth-order valence-electron chi connectivity index (χ4n) is 3.00. The van der Waals surface area contributed by atoms with Crippen LogP contribution in [0.1, 0.15) is 35.6 Å². The third-order valence-electron chi connectivity index (χ3n) is 4.33. The van der Waals surface area contributed by atoms with Crippen molar-refractivity contribution in [3.05, 3.63) is 58.3 Å². The molecule has 5 heteroatoms. The van der Waals surface area contributed by atoms with Gasteiger partial charge in [0.1, 0.15) is 0 Å². The predicted octanol–water partition coefficient (Wildman–Crippen LogP) is 4.57. The van der Waals surface area contributed by atoms with Crippen LogP contribution in [0.25, 0.3) is 10.2 Å². The molecule has 1 fully saturated rings. The quantitative estimate of drug-likeness (QED) is 0.765. The van der Waals surface area contributed by atoms with Gasteiger partial charge in [-0.05, 0) is 49.1 Å². The third kappa shape index (κ3) is 2.51. The van der Waals surface area contributed by atoms with Crippen molar-refractivity contribution in [1.82, 2.24) is 9.97 Å². The molecule has 0 radical (unpaired) electrons. The highest BCUT2D eigenvalue weighted by molar-refractivity contribution is 7.18. The molecule has 1 saturated carbocycles. The standard InChI is InChI=1S/C17H15ClN2OS/c18-12-4-5-13-15(9-12)22-17(20-13)11-7-10(8-11)16(21)14-3-1-2-6-19-14/h1-6,9-11,16,21H,7-8H2. The molecule has 2 heterocycles. The molecule has 4 rings (SSSR count). The molecule has 1 aromatic carbocycles. The number of aliphatic hydroxyl groups is 1. The maximum absolute atomic E-state index is 10.4. The number of rotatable bonds is 3. The second-order valence-electron chi connectivity index (χ2n) is 5.79. The molecule has 1 unspecified atom stereocenters. The summed E-state index contributed by atoms with van der Waals surface area (Å²) < 4.78 is 1.14. The lowest BCUT2D eigenvalue weighted by Gasteiger charge is -2.36. The van der Waals surface area contributed by atoms with Crippen molar-refractivity contribution in [2.75, 3.05) is 0 Å². The Kier molecular flexibility index (Phi) is 3.60. The zero-order chi connectivity index (χ0) is 15.1. The highest BCUT2D eigenvalue weighted by Crippen LogP contribution is 2.48. The second kappa shape index (κ2) is 5.61. The van der Waals surface area contributed by atoms with Crippen molar-refractivity contribution >= 4 is 33.2 Å². The van der Waals surface area contributed by atoms with Crippen molar-refractivity contribution in [3.63, 3.8) is 0 Å². The molecule has 0 spiro atoms. The number of halogens is 1. The average molecular weight is 331 g/mol. The number of nitrogens with zero attached hydrogens (tertiary/aromatic N) is 2. The monoisotopic (exact) mass is 330 g/mol. The Morgan fingerprint density at radius 3 is 2.86 bits per heavy atom. The number of pyridine rings is 1. The van der Waals surface area contributed by atoms with Gasteiger partial charge in [0.05, 0.1) is 27.0 Å². The smallest absolute Gasteiger partial charge is 0.0988 e. The van der Waals surface area contributed by atoms with E-state index < -0.39 is 6.10 Å². The Labute approximate surface area is 137 Å². The molecule has 0 bridgehead atoms. The zero-order valence-electron chi connectivity index (χ0n) is 11.8. The molecular formula is C17H15ClN2OS. The molecule has 112 valence electrons. The molecule has 3 nitrogen and oxygen atoms in total. The van der Waals surface area contributed by atoms with Crippen LogP contribution >= 0.6 is 22.9 Å². The number of thiazole rings is 1. The topological polar surface area (TPSA) is 46.0 Å². The van der Waals surface area contributed by atoms with Crippen molar-refractivity contribution in [3.8, 4) is 0 Å². The van der Waals surface area contributed by atoms with Crippen LogP contribution in [0.3, 0.4) is 0 Å². The Morgan fingerprint density at radius 2 is 2.09 bits per heavy atom. The first-order valence-electron chi connectivity index (χ1n) is 7.35. The number of hydrogen-bond acceptors (Lipinski definition) is 4. The van der Waals surface area contributed by atoms with Crippen LogP contribution in [-0.2, 0) is 0 Å². The van der Waals surface area contributed by atoms with Gasteiger partial charge in [0, 0.05) is 17.1 Å². The summed E-state index contributed by atoms with van der Waals surface area (Å²) in [5.41, 5.74) is 1.78. The molecule has 1 atom stereocenters. The van der Waals surface area contributed by atoms with E-state index >= 15 is 0 Å². The van der Waals surface area contributed by atoms with Crippen LogP contribution in [-0.4, -0.2) is 15.1 Å². The van der Waals surface area contributed by atoms with Crippen LogP contribution in [0.5, 0.6) is 0 Å². The molecule has 0 amide bonds. The van der Waals surface area contributed by atoms with Crippen molar-refractivity contribution < 1.29 is 5.11 Å². The number of benzene rings is 1. The number of aromatic nitrogens is 2. The highest BCUT2D eigenvalue weighted by Gasteiger charge is 2.37. The Bertz CT molecular complexity index is 799. The molecule has 0 aliphatic heterocycles. The van der Waals surface area contributed by atoms with Gasteiger partial charge >= 0.3 is 0 Å². The molecule has 0 saturated heterocycles. The first-order valence-corrected chi connectivity index (χ1v) is 8.55. The first-order chi connectivity index (χ1) is 10.7. The number of fused-ring (bicyclic) bond motifs is 1. The molecule has 1 aliphatic rings. The number of aliphatic hydroxyl groups excluding tert-OH is 1. The SMILES string of the molecule is OC(c1ccccn1)C1CC(c2nc3ccc(Cl)cc3s2)C1. The van der Waals surface area contributed by atoms with Crippen molar-refractivity contribution in [2.24, 2.45) is 5.92 Å². The summed E-state index contributed by atoms with van der Waals surface area (Å²) >= 11 is 7.74. The van der Waals surface area contributed by atoms with Gasteiger partial charge in [-0.2, -0.15) is 0 Å². The minimum Gasteiger partial charge on any atom is -0.387 e. The molecule has 1 aliphatic carbocycles. The van der Waals surface area contributed by atoms with Gasteiger partial charge < -0.3 is 5.11 Å². The summed E-state index contributed by atoms with van der Waals surface area (Å²) in [6.07, 6.45) is 3.18. The van der Waals surface area contributed by atoms with E-state index in [1.165, 1.54) is 0 Å². The number of hydrogen-bond donors (Lipinski definition) is 1. The van der Waals surface area contributed by atoms with E-state index in [2.05, 4.69) is 4.98 Å². The Balaban J connectivity index is 1.48. The van der Waals surface area contributed by atoms with E-state index in [9.17, 15) is 5.11 Å². The van der Waals surface area contributed by atoms with Gasteiger partial charge in [-0.25, -0.2) is 4.98 Å². The lowest BCUT2D eigenvalue weighted by Crippen LogP contribution is -2.28. The third-order valence-corrected chi connectivity index (χ3v) is 5.74. The van der Waals surface area contributed by atoms with Gasteiger partial charge in [-0.3, -0.25) is 4.98 Å². The summed E-state index contributed by atoms with van der Waals surface area (Å²) in [7, 11) is 0. The van der Waals surface area contributed by atoms with Crippen molar-refractivity contribution in [2.45, 2.75) is 24.9 Å². The summed E-state index contributed by atoms with van der Waals surface area (Å²) in [5.74, 6) is 0.718. The lowest BCUT2D eigenvalue weighted by atomic mass is 9.71. The molecule has 2 aromatic heterocycles. The van der Waals surface area contributed by atoms with E-state index in [4.69, 9.17) is 16.6 Å². The van der Waals surface area contributed by atoms with Crippen LogP contribution in [0, 0.1) is 5.92 Å². The Hall–Kier alpha value is -1.49. The summed E-state index contributed by atoms with van der Waals surface area (Å²) in [6.45, 7) is 0. The molecular weight excluding hydrogens is 316 g/mol. The molecule has 1 N–H and O–H groups in total. The average Bonchev–Trinajstić information content (AvgIpc) is 2.89. The van der Waals surface area contributed by atoms with Crippen LogP contribution < -0.4 is 0 Å². The largest absolute Gasteiger partial charge is 0.387 e. The highest BCUT2D eigenvalue weighted by atomic mass is 35.5. The summed E-state index contributed by atoms with van der Waals surface area (Å²) in [6, 6.07) is 11.5. The summed E-state index contributed by atoms with van der Waals surface area (Å²) in [5, 5.41) is 12.3. The van der Waals surface area contributed by atoms with Gasteiger partial charge in [0.2, 0.25) is 0 Å². The Morgan fingerprint density at radius 1 is 1.23 bits per heavy atom. The maximum Gasteiger partial charge on any atom is 0.0988 e. The first kappa shape index (κ1) is 14.1. The molecule has 22 heavy (non-hydrogen) atoms. The van der Waals surface area contributed by atoms with Crippen LogP contribution in [0.4, 0.5) is 0 Å². The van der Waals surface area contributed by atoms with Crippen LogP contribution in [0.15, 0.2) is 42.6 Å². The van der Waals surface area contributed by atoms with Gasteiger partial charge in [-0.15, -0.1) is 11.3 Å². The van der Waals surface area contributed by atoms with E-state index in [-0.39, 0.29) is 5.92 Å². The fraction of sp³-hybridized carbons (Fsp3) is 0.294. The predicted molar refractivity (Wildman–Crippen MR) is 89.3 cm³/mol. The van der Waals surface area contributed by atoms with Gasteiger partial charge in [-0.1, -0.05) is 17.7 Å². The zero-order valence-corrected chi connectivity index (χ0v) is 13.4. The second-order valence-corrected chi connectivity index (χ2v) is 7.29. The van der Waals surface area contributed by atoms with E-state index in [0.717, 1.165) is 38.8 Å². The minimum atomic E-state index is -0.471.